The third-order valence-corrected chi connectivity index (χ3v) is 3.22. The molecule has 2 aromatic heterocycles. The lowest BCUT2D eigenvalue weighted by Gasteiger charge is -2.05. The number of carbonyl (C=O) groups excluding carboxylic acids is 1. The first-order valence-electron chi connectivity index (χ1n) is 6.52. The number of nitrogens with one attached hydrogen (secondary N) is 2. The predicted molar refractivity (Wildman–Crippen MR) is 78.1 cm³/mol. The summed E-state index contributed by atoms with van der Waals surface area (Å²) in [6, 6.07) is 7.55. The highest BCUT2D eigenvalue weighted by Crippen LogP contribution is 2.18. The quantitative estimate of drug-likeness (QED) is 0.746. The molecule has 0 aliphatic carbocycles. The number of nitrogens with zero attached hydrogens (tertiary/aromatic N) is 3. The largest absolute Gasteiger partial charge is 0.383 e. The molecular weight excluding hydrogens is 270 g/mol. The fourth-order valence-corrected chi connectivity index (χ4v) is 2.17. The molecule has 0 aliphatic rings. The summed E-state index contributed by atoms with van der Waals surface area (Å²) in [5, 5.41) is 9.94. The van der Waals surface area contributed by atoms with Gasteiger partial charge in [-0.15, -0.1) is 0 Å². The van der Waals surface area contributed by atoms with Gasteiger partial charge >= 0.3 is 0 Å². The van der Waals surface area contributed by atoms with Gasteiger partial charge < -0.3 is 9.30 Å². The van der Waals surface area contributed by atoms with Crippen LogP contribution in [0.25, 0.3) is 10.9 Å². The third kappa shape index (κ3) is 2.77. The summed E-state index contributed by atoms with van der Waals surface area (Å²) in [5.74, 6) is 0.107. The van der Waals surface area contributed by atoms with Crippen LogP contribution >= 0.6 is 0 Å². The monoisotopic (exact) mass is 285 g/mol. The number of hydrogen-bond donors (Lipinski definition) is 2. The Morgan fingerprint density at radius 1 is 1.43 bits per heavy atom. The zero-order valence-electron chi connectivity index (χ0n) is 11.5. The number of ether oxygens (including phenoxy) is 1. The Hall–Kier alpha value is -2.67. The Balaban J connectivity index is 1.82. The second-order valence-corrected chi connectivity index (χ2v) is 4.56. The SMILES string of the molecule is COCCn1ccc2cc(C(=O)Nc3ncn[nH]3)ccc21. The minimum absolute atomic E-state index is 0.224. The Bertz CT molecular complexity index is 748. The summed E-state index contributed by atoms with van der Waals surface area (Å²) in [7, 11) is 1.68. The van der Waals surface area contributed by atoms with E-state index < -0.39 is 0 Å². The number of benzene rings is 1. The van der Waals surface area contributed by atoms with Gasteiger partial charge in [0.2, 0.25) is 5.95 Å². The van der Waals surface area contributed by atoms with Crippen LogP contribution < -0.4 is 5.32 Å². The number of carbonyl (C=O) groups is 1. The number of amides is 1. The molecule has 0 bridgehead atoms. The number of aromatic nitrogens is 4. The molecule has 2 N–H and O–H groups in total. The molecule has 0 unspecified atom stereocenters. The summed E-state index contributed by atoms with van der Waals surface area (Å²) in [5.41, 5.74) is 1.65. The minimum Gasteiger partial charge on any atom is -0.383 e. The van der Waals surface area contributed by atoms with E-state index in [4.69, 9.17) is 4.74 Å². The second-order valence-electron chi connectivity index (χ2n) is 4.56. The van der Waals surface area contributed by atoms with Gasteiger partial charge in [-0.1, -0.05) is 0 Å². The summed E-state index contributed by atoms with van der Waals surface area (Å²) in [6.07, 6.45) is 3.33. The van der Waals surface area contributed by atoms with Crippen LogP contribution in [0.1, 0.15) is 10.4 Å². The molecule has 7 heteroatoms. The van der Waals surface area contributed by atoms with Crippen LogP contribution in [-0.2, 0) is 11.3 Å². The van der Waals surface area contributed by atoms with Crippen molar-refractivity contribution in [3.63, 3.8) is 0 Å². The number of hydrogen-bond acceptors (Lipinski definition) is 4. The van der Waals surface area contributed by atoms with Gasteiger partial charge in [-0.2, -0.15) is 10.1 Å². The van der Waals surface area contributed by atoms with E-state index in [-0.39, 0.29) is 5.91 Å². The fraction of sp³-hybridized carbons (Fsp3) is 0.214. The first-order valence-corrected chi connectivity index (χ1v) is 6.52. The molecule has 108 valence electrons. The molecule has 0 fully saturated rings. The minimum atomic E-state index is -0.224. The van der Waals surface area contributed by atoms with E-state index in [1.54, 1.807) is 13.2 Å². The Labute approximate surface area is 120 Å². The maximum Gasteiger partial charge on any atom is 0.258 e. The van der Waals surface area contributed by atoms with Gasteiger partial charge in [-0.05, 0) is 24.3 Å². The molecule has 3 aromatic rings. The van der Waals surface area contributed by atoms with Gasteiger partial charge in [-0.25, -0.2) is 5.10 Å². The lowest BCUT2D eigenvalue weighted by Crippen LogP contribution is -2.13. The second kappa shape index (κ2) is 5.76. The van der Waals surface area contributed by atoms with Crippen molar-refractivity contribution in [3.8, 4) is 0 Å². The van der Waals surface area contributed by atoms with Crippen molar-refractivity contribution >= 4 is 22.8 Å². The molecule has 1 aromatic carbocycles. The number of methoxy groups -OCH3 is 1. The van der Waals surface area contributed by atoms with Crippen molar-refractivity contribution in [2.75, 3.05) is 19.0 Å². The molecular formula is C14H15N5O2. The zero-order chi connectivity index (χ0) is 14.7. The Morgan fingerprint density at radius 2 is 2.33 bits per heavy atom. The average Bonchev–Trinajstić information content (AvgIpc) is 3.14. The lowest BCUT2D eigenvalue weighted by atomic mass is 10.1. The zero-order valence-corrected chi connectivity index (χ0v) is 11.5. The molecule has 7 nitrogen and oxygen atoms in total. The molecule has 3 rings (SSSR count). The van der Waals surface area contributed by atoms with Gasteiger partial charge in [-0.3, -0.25) is 10.1 Å². The van der Waals surface area contributed by atoms with Crippen molar-refractivity contribution in [2.24, 2.45) is 0 Å². The molecule has 0 atom stereocenters. The van der Waals surface area contributed by atoms with Gasteiger partial charge in [0.15, 0.2) is 0 Å². The molecule has 21 heavy (non-hydrogen) atoms. The molecule has 2 heterocycles. The predicted octanol–water partition coefficient (Wildman–Crippen LogP) is 1.66. The van der Waals surface area contributed by atoms with Crippen molar-refractivity contribution in [2.45, 2.75) is 6.54 Å². The first kappa shape index (κ1) is 13.3. The van der Waals surface area contributed by atoms with Crippen LogP contribution in [0.5, 0.6) is 0 Å². The van der Waals surface area contributed by atoms with E-state index in [1.807, 2.05) is 24.4 Å². The highest BCUT2D eigenvalue weighted by Gasteiger charge is 2.09. The van der Waals surface area contributed by atoms with Crippen LogP contribution in [-0.4, -0.2) is 39.4 Å². The molecule has 0 saturated carbocycles. The third-order valence-electron chi connectivity index (χ3n) is 3.22. The van der Waals surface area contributed by atoms with Crippen LogP contribution in [0.2, 0.25) is 0 Å². The number of aromatic amines is 1. The van der Waals surface area contributed by atoms with E-state index in [0.29, 0.717) is 18.1 Å². The number of fused-ring (bicyclic) bond motifs is 1. The van der Waals surface area contributed by atoms with Crippen LogP contribution in [0.4, 0.5) is 5.95 Å². The molecule has 1 amide bonds. The summed E-state index contributed by atoms with van der Waals surface area (Å²) >= 11 is 0. The Kier molecular flexibility index (Phi) is 3.65. The summed E-state index contributed by atoms with van der Waals surface area (Å²) in [4.78, 5) is 16.0. The van der Waals surface area contributed by atoms with Crippen LogP contribution in [0.15, 0.2) is 36.8 Å². The standard InChI is InChI=1S/C14H15N5O2/c1-21-7-6-19-5-4-10-8-11(2-3-12(10)19)13(20)17-14-15-9-16-18-14/h2-5,8-9H,6-7H2,1H3,(H2,15,16,17,18,20). The van der Waals surface area contributed by atoms with Crippen LogP contribution in [0, 0.1) is 0 Å². The van der Waals surface area contributed by atoms with Gasteiger partial charge in [0.1, 0.15) is 6.33 Å². The van der Waals surface area contributed by atoms with E-state index in [2.05, 4.69) is 25.1 Å². The number of H-pyrrole nitrogens is 1. The molecule has 0 radical (unpaired) electrons. The Morgan fingerprint density at radius 3 is 3.10 bits per heavy atom. The van der Waals surface area contributed by atoms with E-state index in [9.17, 15) is 4.79 Å². The molecule has 0 aliphatic heterocycles. The van der Waals surface area contributed by atoms with Crippen molar-refractivity contribution in [3.05, 3.63) is 42.4 Å². The highest BCUT2D eigenvalue weighted by atomic mass is 16.5. The number of anilines is 1. The highest BCUT2D eigenvalue weighted by molar-refractivity contribution is 6.05. The fourth-order valence-electron chi connectivity index (χ4n) is 2.17. The van der Waals surface area contributed by atoms with Gasteiger partial charge in [0, 0.05) is 36.3 Å². The van der Waals surface area contributed by atoms with E-state index in [1.165, 1.54) is 6.33 Å². The van der Waals surface area contributed by atoms with E-state index in [0.717, 1.165) is 17.4 Å². The molecule has 0 saturated heterocycles. The van der Waals surface area contributed by atoms with Crippen LogP contribution in [0.3, 0.4) is 0 Å². The number of rotatable bonds is 5. The van der Waals surface area contributed by atoms with E-state index >= 15 is 0 Å². The van der Waals surface area contributed by atoms with Crippen molar-refractivity contribution in [1.29, 1.82) is 0 Å². The normalized spacial score (nSPS) is 10.9. The summed E-state index contributed by atoms with van der Waals surface area (Å²) in [6.45, 7) is 1.43. The average molecular weight is 285 g/mol. The summed E-state index contributed by atoms with van der Waals surface area (Å²) < 4.78 is 7.18. The lowest BCUT2D eigenvalue weighted by molar-refractivity contribution is 0.102. The maximum absolute atomic E-state index is 12.1. The van der Waals surface area contributed by atoms with Crippen molar-refractivity contribution < 1.29 is 9.53 Å². The maximum atomic E-state index is 12.1. The topological polar surface area (TPSA) is 84.8 Å². The smallest absolute Gasteiger partial charge is 0.258 e. The molecule has 0 spiro atoms. The first-order chi connectivity index (χ1) is 10.3. The van der Waals surface area contributed by atoms with Gasteiger partial charge in [0.05, 0.1) is 6.61 Å². The van der Waals surface area contributed by atoms with Crippen molar-refractivity contribution in [1.82, 2.24) is 19.7 Å². The van der Waals surface area contributed by atoms with Gasteiger partial charge in [0.25, 0.3) is 5.91 Å².